The number of anilines is 1. The Labute approximate surface area is 149 Å². The Balaban J connectivity index is 1.67. The lowest BCUT2D eigenvalue weighted by molar-refractivity contribution is -0.115. The molecule has 0 aliphatic heterocycles. The third-order valence-electron chi connectivity index (χ3n) is 3.77. The summed E-state index contributed by atoms with van der Waals surface area (Å²) in [5.41, 5.74) is 3.08. The second-order valence-electron chi connectivity index (χ2n) is 5.60. The highest BCUT2D eigenvalue weighted by atomic mass is 32.1. The Morgan fingerprint density at radius 2 is 1.92 bits per heavy atom. The molecule has 1 heterocycles. The maximum atomic E-state index is 12.2. The van der Waals surface area contributed by atoms with Gasteiger partial charge >= 0.3 is 0 Å². The van der Waals surface area contributed by atoms with E-state index in [9.17, 15) is 15.0 Å². The normalized spacial score (nSPS) is 10.6. The number of phenols is 2. The molecule has 0 saturated heterocycles. The minimum absolute atomic E-state index is 0.00910. The van der Waals surface area contributed by atoms with E-state index in [0.717, 1.165) is 12.1 Å². The molecule has 0 saturated carbocycles. The second kappa shape index (κ2) is 7.36. The Hall–Kier alpha value is -2.86. The van der Waals surface area contributed by atoms with Crippen LogP contribution in [0.25, 0.3) is 11.3 Å². The van der Waals surface area contributed by atoms with E-state index in [1.165, 1.54) is 29.0 Å². The molecule has 6 heteroatoms. The number of rotatable bonds is 5. The van der Waals surface area contributed by atoms with Crippen LogP contribution in [0.1, 0.15) is 17.5 Å². The summed E-state index contributed by atoms with van der Waals surface area (Å²) in [4.78, 5) is 16.6. The van der Waals surface area contributed by atoms with Gasteiger partial charge in [0.05, 0.1) is 12.1 Å². The lowest BCUT2D eigenvalue weighted by atomic mass is 10.1. The molecule has 3 rings (SSSR count). The minimum atomic E-state index is -0.139. The molecule has 1 amide bonds. The molecular formula is C19H18N2O3S. The van der Waals surface area contributed by atoms with Gasteiger partial charge in [0, 0.05) is 22.7 Å². The SMILES string of the molecule is CCc1ccc(NC(=O)Cc2nc(-c3ccc(O)cc3O)cs2)cc1. The van der Waals surface area contributed by atoms with E-state index >= 15 is 0 Å². The molecule has 25 heavy (non-hydrogen) atoms. The van der Waals surface area contributed by atoms with Gasteiger partial charge in [-0.2, -0.15) is 0 Å². The molecule has 0 fully saturated rings. The summed E-state index contributed by atoms with van der Waals surface area (Å²) < 4.78 is 0. The fourth-order valence-electron chi connectivity index (χ4n) is 2.42. The summed E-state index contributed by atoms with van der Waals surface area (Å²) in [5.74, 6) is -0.192. The molecule has 3 aromatic rings. The second-order valence-corrected chi connectivity index (χ2v) is 6.55. The maximum Gasteiger partial charge on any atom is 0.231 e. The zero-order valence-electron chi connectivity index (χ0n) is 13.7. The van der Waals surface area contributed by atoms with E-state index in [-0.39, 0.29) is 23.8 Å². The number of hydrogen-bond acceptors (Lipinski definition) is 5. The van der Waals surface area contributed by atoms with Crippen LogP contribution in [-0.2, 0) is 17.6 Å². The van der Waals surface area contributed by atoms with Crippen molar-refractivity contribution >= 4 is 22.9 Å². The predicted molar refractivity (Wildman–Crippen MR) is 99.0 cm³/mol. The first kappa shape index (κ1) is 17.0. The topological polar surface area (TPSA) is 82.5 Å². The van der Waals surface area contributed by atoms with Crippen molar-refractivity contribution in [3.8, 4) is 22.8 Å². The van der Waals surface area contributed by atoms with Crippen molar-refractivity contribution in [3.05, 3.63) is 58.4 Å². The number of carbonyl (C=O) groups excluding carboxylic acids is 1. The average molecular weight is 354 g/mol. The summed E-state index contributed by atoms with van der Waals surface area (Å²) in [6.07, 6.45) is 1.12. The Morgan fingerprint density at radius 3 is 2.60 bits per heavy atom. The molecule has 0 aliphatic carbocycles. The number of benzene rings is 2. The van der Waals surface area contributed by atoms with Crippen LogP contribution in [-0.4, -0.2) is 21.1 Å². The van der Waals surface area contributed by atoms with Gasteiger partial charge in [0.15, 0.2) is 0 Å². The Bertz CT molecular complexity index is 888. The zero-order valence-corrected chi connectivity index (χ0v) is 14.5. The molecule has 1 aromatic heterocycles. The van der Waals surface area contributed by atoms with Crippen LogP contribution in [0, 0.1) is 0 Å². The molecule has 3 N–H and O–H groups in total. The molecule has 128 valence electrons. The van der Waals surface area contributed by atoms with Crippen LogP contribution in [0.4, 0.5) is 5.69 Å². The van der Waals surface area contributed by atoms with Crippen molar-refractivity contribution in [1.29, 1.82) is 0 Å². The van der Waals surface area contributed by atoms with Gasteiger partial charge in [0.1, 0.15) is 16.5 Å². The molecular weight excluding hydrogens is 336 g/mol. The summed E-state index contributed by atoms with van der Waals surface area (Å²) in [6.45, 7) is 2.08. The highest BCUT2D eigenvalue weighted by Crippen LogP contribution is 2.32. The number of hydrogen-bond donors (Lipinski definition) is 3. The molecule has 0 radical (unpaired) electrons. The maximum absolute atomic E-state index is 12.2. The van der Waals surface area contributed by atoms with Gasteiger partial charge in [0.2, 0.25) is 5.91 Å². The van der Waals surface area contributed by atoms with Crippen molar-refractivity contribution in [2.75, 3.05) is 5.32 Å². The fourth-order valence-corrected chi connectivity index (χ4v) is 3.21. The van der Waals surface area contributed by atoms with E-state index in [4.69, 9.17) is 0 Å². The van der Waals surface area contributed by atoms with E-state index in [2.05, 4.69) is 17.2 Å². The smallest absolute Gasteiger partial charge is 0.231 e. The summed E-state index contributed by atoms with van der Waals surface area (Å²) in [7, 11) is 0. The molecule has 2 aromatic carbocycles. The number of carbonyl (C=O) groups is 1. The predicted octanol–water partition coefficient (Wildman–Crippen LogP) is 3.96. The minimum Gasteiger partial charge on any atom is -0.508 e. The van der Waals surface area contributed by atoms with Crippen molar-refractivity contribution in [3.63, 3.8) is 0 Å². The van der Waals surface area contributed by atoms with Crippen molar-refractivity contribution < 1.29 is 15.0 Å². The van der Waals surface area contributed by atoms with Gasteiger partial charge in [-0.3, -0.25) is 4.79 Å². The van der Waals surface area contributed by atoms with Crippen LogP contribution in [0.2, 0.25) is 0 Å². The van der Waals surface area contributed by atoms with Crippen molar-refractivity contribution in [2.45, 2.75) is 19.8 Å². The number of nitrogens with zero attached hydrogens (tertiary/aromatic N) is 1. The number of phenolic OH excluding ortho intramolecular Hbond substituents is 2. The standard InChI is InChI=1S/C19H18N2O3S/c1-2-12-3-5-13(6-4-12)20-18(24)10-19-21-16(11-25-19)15-8-7-14(22)9-17(15)23/h3-9,11,22-23H,2,10H2,1H3,(H,20,24). The van der Waals surface area contributed by atoms with Gasteiger partial charge in [-0.05, 0) is 36.2 Å². The molecule has 0 atom stereocenters. The number of aromatic nitrogens is 1. The van der Waals surface area contributed by atoms with Crippen LogP contribution >= 0.6 is 11.3 Å². The number of aryl methyl sites for hydroxylation is 1. The summed E-state index contributed by atoms with van der Waals surface area (Å²) >= 11 is 1.36. The van der Waals surface area contributed by atoms with Gasteiger partial charge in [-0.25, -0.2) is 4.98 Å². The van der Waals surface area contributed by atoms with Gasteiger partial charge < -0.3 is 15.5 Å². The summed E-state index contributed by atoms with van der Waals surface area (Å²) in [6, 6.07) is 12.1. The molecule has 5 nitrogen and oxygen atoms in total. The third-order valence-corrected chi connectivity index (χ3v) is 4.62. The molecule has 0 unspecified atom stereocenters. The molecule has 0 aliphatic rings. The average Bonchev–Trinajstić information content (AvgIpc) is 3.03. The van der Waals surface area contributed by atoms with Gasteiger partial charge in [0.25, 0.3) is 0 Å². The number of nitrogens with one attached hydrogen (secondary N) is 1. The van der Waals surface area contributed by atoms with Gasteiger partial charge in [-0.15, -0.1) is 11.3 Å². The number of aromatic hydroxyl groups is 2. The lowest BCUT2D eigenvalue weighted by Gasteiger charge is -2.05. The highest BCUT2D eigenvalue weighted by Gasteiger charge is 2.12. The van der Waals surface area contributed by atoms with Crippen molar-refractivity contribution in [1.82, 2.24) is 4.98 Å². The first-order valence-electron chi connectivity index (χ1n) is 7.90. The molecule has 0 bridgehead atoms. The lowest BCUT2D eigenvalue weighted by Crippen LogP contribution is -2.14. The van der Waals surface area contributed by atoms with Crippen LogP contribution in [0.3, 0.4) is 0 Å². The highest BCUT2D eigenvalue weighted by molar-refractivity contribution is 7.10. The van der Waals surface area contributed by atoms with E-state index in [0.29, 0.717) is 16.3 Å². The van der Waals surface area contributed by atoms with Gasteiger partial charge in [-0.1, -0.05) is 19.1 Å². The number of amides is 1. The monoisotopic (exact) mass is 354 g/mol. The van der Waals surface area contributed by atoms with E-state index in [1.807, 2.05) is 24.3 Å². The fraction of sp³-hybridized carbons (Fsp3) is 0.158. The summed E-state index contributed by atoms with van der Waals surface area (Å²) in [5, 5.41) is 24.5. The quantitative estimate of drug-likeness (QED) is 0.647. The van der Waals surface area contributed by atoms with Crippen LogP contribution < -0.4 is 5.32 Å². The molecule has 0 spiro atoms. The van der Waals surface area contributed by atoms with Crippen LogP contribution in [0.15, 0.2) is 47.8 Å². The van der Waals surface area contributed by atoms with E-state index < -0.39 is 0 Å². The van der Waals surface area contributed by atoms with E-state index in [1.54, 1.807) is 11.4 Å². The Morgan fingerprint density at radius 1 is 1.16 bits per heavy atom. The first-order valence-corrected chi connectivity index (χ1v) is 8.78. The van der Waals surface area contributed by atoms with Crippen LogP contribution in [0.5, 0.6) is 11.5 Å². The van der Waals surface area contributed by atoms with Crippen molar-refractivity contribution in [2.24, 2.45) is 0 Å². The zero-order chi connectivity index (χ0) is 17.8. The Kier molecular flexibility index (Phi) is 5.00. The first-order chi connectivity index (χ1) is 12.0. The third kappa shape index (κ3) is 4.16. The number of thiazole rings is 1. The largest absolute Gasteiger partial charge is 0.508 e.